The van der Waals surface area contributed by atoms with Crippen molar-refractivity contribution in [3.05, 3.63) is 41.8 Å². The summed E-state index contributed by atoms with van der Waals surface area (Å²) in [4.78, 5) is 19.2. The molecule has 3 rings (SSSR count). The molecule has 2 heterocycles. The van der Waals surface area contributed by atoms with Crippen LogP contribution < -0.4 is 0 Å². The van der Waals surface area contributed by atoms with Gasteiger partial charge < -0.3 is 9.32 Å². The van der Waals surface area contributed by atoms with Crippen molar-refractivity contribution in [1.82, 2.24) is 9.88 Å². The molecule has 22 heavy (non-hydrogen) atoms. The summed E-state index contributed by atoms with van der Waals surface area (Å²) in [7, 11) is 0. The van der Waals surface area contributed by atoms with Gasteiger partial charge in [-0.05, 0) is 12.1 Å². The highest BCUT2D eigenvalue weighted by atomic mass is 32.2. The molecule has 4 nitrogen and oxygen atoms in total. The van der Waals surface area contributed by atoms with Crippen LogP contribution in [0.2, 0.25) is 0 Å². The quantitative estimate of drug-likeness (QED) is 0.867. The average molecular weight is 316 g/mol. The minimum Gasteiger partial charge on any atom is -0.440 e. The third kappa shape index (κ3) is 3.04. The van der Waals surface area contributed by atoms with Gasteiger partial charge in [-0.1, -0.05) is 32.0 Å². The van der Waals surface area contributed by atoms with E-state index < -0.39 is 0 Å². The molecule has 0 bridgehead atoms. The molecule has 1 fully saturated rings. The molecule has 1 aromatic carbocycles. The highest BCUT2D eigenvalue weighted by molar-refractivity contribution is 7.99. The molecule has 116 valence electrons. The van der Waals surface area contributed by atoms with Gasteiger partial charge in [-0.2, -0.15) is 11.8 Å². The van der Waals surface area contributed by atoms with E-state index in [0.29, 0.717) is 17.3 Å². The predicted octanol–water partition coefficient (Wildman–Crippen LogP) is 3.65. The average Bonchev–Trinajstić information content (AvgIpc) is 3.01. The number of oxazole rings is 1. The fourth-order valence-corrected chi connectivity index (χ4v) is 3.40. The molecule has 0 saturated carbocycles. The number of rotatable bonds is 3. The summed E-state index contributed by atoms with van der Waals surface area (Å²) in [6.07, 6.45) is 0. The van der Waals surface area contributed by atoms with Crippen molar-refractivity contribution >= 4 is 17.7 Å². The van der Waals surface area contributed by atoms with E-state index in [1.807, 2.05) is 60.8 Å². The number of thioether (sulfide) groups is 1. The van der Waals surface area contributed by atoms with Gasteiger partial charge in [-0.15, -0.1) is 0 Å². The summed E-state index contributed by atoms with van der Waals surface area (Å²) >= 11 is 1.89. The maximum atomic E-state index is 12.8. The molecule has 0 N–H and O–H groups in total. The first-order valence-electron chi connectivity index (χ1n) is 7.60. The predicted molar refractivity (Wildman–Crippen MR) is 89.3 cm³/mol. The summed E-state index contributed by atoms with van der Waals surface area (Å²) in [6.45, 7) is 5.62. The van der Waals surface area contributed by atoms with Crippen LogP contribution in [0.5, 0.6) is 0 Å². The lowest BCUT2D eigenvalue weighted by Crippen LogP contribution is -2.38. The van der Waals surface area contributed by atoms with Gasteiger partial charge in [0.2, 0.25) is 5.89 Å². The summed E-state index contributed by atoms with van der Waals surface area (Å²) in [5, 5.41) is 0. The lowest BCUT2D eigenvalue weighted by Gasteiger charge is -2.25. The Morgan fingerprint density at radius 2 is 1.91 bits per heavy atom. The molecule has 0 aliphatic carbocycles. The van der Waals surface area contributed by atoms with Crippen LogP contribution in [0.25, 0.3) is 11.5 Å². The fourth-order valence-electron chi connectivity index (χ4n) is 2.50. The van der Waals surface area contributed by atoms with E-state index in [0.717, 1.165) is 30.2 Å². The largest absolute Gasteiger partial charge is 0.440 e. The Labute approximate surface area is 134 Å². The highest BCUT2D eigenvalue weighted by Gasteiger charge is 2.27. The zero-order valence-electron chi connectivity index (χ0n) is 12.9. The van der Waals surface area contributed by atoms with Gasteiger partial charge in [0.05, 0.1) is 0 Å². The fraction of sp³-hybridized carbons (Fsp3) is 0.412. The lowest BCUT2D eigenvalue weighted by atomic mass is 10.1. The Bertz CT molecular complexity index is 646. The van der Waals surface area contributed by atoms with E-state index in [9.17, 15) is 4.79 Å². The molecule has 5 heteroatoms. The molecule has 1 amide bonds. The van der Waals surface area contributed by atoms with E-state index in [1.165, 1.54) is 0 Å². The van der Waals surface area contributed by atoms with E-state index in [2.05, 4.69) is 4.98 Å². The standard InChI is InChI=1S/C17H20N2O2S/c1-12(2)15-14(17(20)19-8-10-22-11-9-19)18-16(21-15)13-6-4-3-5-7-13/h3-7,12H,8-11H2,1-2H3. The van der Waals surface area contributed by atoms with Crippen LogP contribution in [0.1, 0.15) is 36.0 Å². The number of carbonyl (C=O) groups excluding carboxylic acids is 1. The molecule has 1 saturated heterocycles. The Morgan fingerprint density at radius 1 is 1.23 bits per heavy atom. The Hall–Kier alpha value is -1.75. The number of hydrogen-bond acceptors (Lipinski definition) is 4. The van der Waals surface area contributed by atoms with Gasteiger partial charge >= 0.3 is 0 Å². The second-order valence-electron chi connectivity index (χ2n) is 5.66. The number of amides is 1. The second kappa shape index (κ2) is 6.57. The zero-order valence-corrected chi connectivity index (χ0v) is 13.7. The van der Waals surface area contributed by atoms with Crippen LogP contribution in [0, 0.1) is 0 Å². The minimum absolute atomic E-state index is 0.00469. The van der Waals surface area contributed by atoms with Gasteiger partial charge in [-0.3, -0.25) is 4.79 Å². The van der Waals surface area contributed by atoms with Crippen LogP contribution in [-0.2, 0) is 0 Å². The smallest absolute Gasteiger partial charge is 0.276 e. The van der Waals surface area contributed by atoms with Gasteiger partial charge in [0.1, 0.15) is 5.76 Å². The number of benzene rings is 1. The van der Waals surface area contributed by atoms with Gasteiger partial charge in [-0.25, -0.2) is 4.98 Å². The van der Waals surface area contributed by atoms with Crippen LogP contribution in [-0.4, -0.2) is 40.4 Å². The Morgan fingerprint density at radius 3 is 2.55 bits per heavy atom. The number of aromatic nitrogens is 1. The minimum atomic E-state index is -0.00469. The Kier molecular flexibility index (Phi) is 4.52. The SMILES string of the molecule is CC(C)c1oc(-c2ccccc2)nc1C(=O)N1CCSCC1. The monoisotopic (exact) mass is 316 g/mol. The van der Waals surface area contributed by atoms with Gasteiger partial charge in [0.25, 0.3) is 5.91 Å². The normalized spacial score (nSPS) is 15.3. The van der Waals surface area contributed by atoms with E-state index in [-0.39, 0.29) is 11.8 Å². The summed E-state index contributed by atoms with van der Waals surface area (Å²) in [6, 6.07) is 9.73. The molecule has 1 aliphatic rings. The van der Waals surface area contributed by atoms with Crippen molar-refractivity contribution in [2.45, 2.75) is 19.8 Å². The van der Waals surface area contributed by atoms with Crippen molar-refractivity contribution in [1.29, 1.82) is 0 Å². The lowest BCUT2D eigenvalue weighted by molar-refractivity contribution is 0.0764. The number of carbonyl (C=O) groups is 1. The second-order valence-corrected chi connectivity index (χ2v) is 6.88. The molecule has 0 atom stereocenters. The van der Waals surface area contributed by atoms with Crippen LogP contribution >= 0.6 is 11.8 Å². The highest BCUT2D eigenvalue weighted by Crippen LogP contribution is 2.28. The van der Waals surface area contributed by atoms with E-state index >= 15 is 0 Å². The molecule has 1 aliphatic heterocycles. The molecular weight excluding hydrogens is 296 g/mol. The number of hydrogen-bond donors (Lipinski definition) is 0. The first kappa shape index (κ1) is 15.2. The molecule has 0 unspecified atom stereocenters. The van der Waals surface area contributed by atoms with Crippen molar-refractivity contribution in [2.75, 3.05) is 24.6 Å². The van der Waals surface area contributed by atoms with Crippen LogP contribution in [0.15, 0.2) is 34.7 Å². The molecule has 2 aromatic rings. The molecule has 0 radical (unpaired) electrons. The third-order valence-electron chi connectivity index (χ3n) is 3.70. The topological polar surface area (TPSA) is 46.3 Å². The van der Waals surface area contributed by atoms with Gasteiger partial charge in [0, 0.05) is 36.1 Å². The van der Waals surface area contributed by atoms with Crippen LogP contribution in [0.3, 0.4) is 0 Å². The maximum Gasteiger partial charge on any atom is 0.276 e. The summed E-state index contributed by atoms with van der Waals surface area (Å²) in [5.74, 6) is 3.32. The molecule has 1 aromatic heterocycles. The van der Waals surface area contributed by atoms with Crippen molar-refractivity contribution < 1.29 is 9.21 Å². The summed E-state index contributed by atoms with van der Waals surface area (Å²) < 4.78 is 5.91. The summed E-state index contributed by atoms with van der Waals surface area (Å²) in [5.41, 5.74) is 1.37. The first-order chi connectivity index (χ1) is 10.7. The van der Waals surface area contributed by atoms with Crippen molar-refractivity contribution in [2.24, 2.45) is 0 Å². The zero-order chi connectivity index (χ0) is 15.5. The van der Waals surface area contributed by atoms with Crippen LogP contribution in [0.4, 0.5) is 0 Å². The maximum absolute atomic E-state index is 12.8. The molecular formula is C17H20N2O2S. The van der Waals surface area contributed by atoms with E-state index in [4.69, 9.17) is 4.42 Å². The van der Waals surface area contributed by atoms with Crippen molar-refractivity contribution in [3.8, 4) is 11.5 Å². The molecule has 0 spiro atoms. The third-order valence-corrected chi connectivity index (χ3v) is 4.64. The van der Waals surface area contributed by atoms with E-state index in [1.54, 1.807) is 0 Å². The number of nitrogens with zero attached hydrogens (tertiary/aromatic N) is 2. The van der Waals surface area contributed by atoms with Crippen molar-refractivity contribution in [3.63, 3.8) is 0 Å². The first-order valence-corrected chi connectivity index (χ1v) is 8.75. The Balaban J connectivity index is 1.95. The van der Waals surface area contributed by atoms with Gasteiger partial charge in [0.15, 0.2) is 5.69 Å².